The number of benzene rings is 1. The zero-order valence-corrected chi connectivity index (χ0v) is 12.9. The second-order valence-corrected chi connectivity index (χ2v) is 5.60. The summed E-state index contributed by atoms with van der Waals surface area (Å²) in [5.41, 5.74) is 1.18. The van der Waals surface area contributed by atoms with Crippen LogP contribution in [-0.4, -0.2) is 34.6 Å². The number of rotatable bonds is 5. The molecule has 1 aliphatic rings. The lowest BCUT2D eigenvalue weighted by Crippen LogP contribution is -2.17. The summed E-state index contributed by atoms with van der Waals surface area (Å²) in [6, 6.07) is 8.02. The van der Waals surface area contributed by atoms with Gasteiger partial charge in [0, 0.05) is 13.0 Å². The van der Waals surface area contributed by atoms with Crippen LogP contribution in [0.2, 0.25) is 0 Å². The maximum atomic E-state index is 5.69. The molecule has 0 radical (unpaired) electrons. The first-order valence-electron chi connectivity index (χ1n) is 7.15. The molecule has 1 aliphatic heterocycles. The Morgan fingerprint density at radius 2 is 2.24 bits per heavy atom. The van der Waals surface area contributed by atoms with E-state index in [1.54, 1.807) is 7.11 Å². The van der Waals surface area contributed by atoms with Crippen molar-refractivity contribution >= 4 is 12.2 Å². The van der Waals surface area contributed by atoms with Crippen LogP contribution >= 0.6 is 12.2 Å². The van der Waals surface area contributed by atoms with E-state index in [1.807, 2.05) is 24.3 Å². The van der Waals surface area contributed by atoms with E-state index in [1.165, 1.54) is 5.56 Å². The van der Waals surface area contributed by atoms with Gasteiger partial charge in [-0.3, -0.25) is 5.10 Å². The van der Waals surface area contributed by atoms with Crippen LogP contribution in [0.5, 0.6) is 5.75 Å². The molecule has 2 aromatic rings. The number of hydrogen-bond donors (Lipinski definition) is 1. The maximum absolute atomic E-state index is 5.69. The molecule has 1 aromatic carbocycles. The molecule has 1 aromatic heterocycles. The fourth-order valence-electron chi connectivity index (χ4n) is 2.59. The monoisotopic (exact) mass is 305 g/mol. The Labute approximate surface area is 128 Å². The number of methoxy groups -OCH3 is 1. The van der Waals surface area contributed by atoms with E-state index in [2.05, 4.69) is 14.8 Å². The van der Waals surface area contributed by atoms with Crippen molar-refractivity contribution in [1.82, 2.24) is 14.8 Å². The summed E-state index contributed by atoms with van der Waals surface area (Å²) in [6.45, 7) is 1.63. The molecule has 1 fully saturated rings. The van der Waals surface area contributed by atoms with E-state index in [4.69, 9.17) is 21.7 Å². The molecule has 6 heteroatoms. The predicted octanol–water partition coefficient (Wildman–Crippen LogP) is 2.72. The molecule has 5 nitrogen and oxygen atoms in total. The normalized spacial score (nSPS) is 18.0. The third kappa shape index (κ3) is 3.33. The molecule has 0 amide bonds. The minimum absolute atomic E-state index is 0.254. The number of ether oxygens (including phenoxy) is 2. The van der Waals surface area contributed by atoms with Gasteiger partial charge in [-0.15, -0.1) is 0 Å². The lowest BCUT2D eigenvalue weighted by molar-refractivity contribution is 0.0960. The molecule has 112 valence electrons. The molecule has 0 spiro atoms. The largest absolute Gasteiger partial charge is 0.497 e. The minimum atomic E-state index is 0.254. The quantitative estimate of drug-likeness (QED) is 0.863. The lowest BCUT2D eigenvalue weighted by atomic mass is 10.1. The Morgan fingerprint density at radius 1 is 1.43 bits per heavy atom. The van der Waals surface area contributed by atoms with E-state index in [0.29, 0.717) is 4.77 Å². The van der Waals surface area contributed by atoms with Crippen molar-refractivity contribution in [2.24, 2.45) is 0 Å². The van der Waals surface area contributed by atoms with E-state index < -0.39 is 0 Å². The predicted molar refractivity (Wildman–Crippen MR) is 82.2 cm³/mol. The number of nitrogens with one attached hydrogen (secondary N) is 1. The van der Waals surface area contributed by atoms with Crippen LogP contribution in [0, 0.1) is 4.77 Å². The van der Waals surface area contributed by atoms with Gasteiger partial charge in [0.2, 0.25) is 0 Å². The van der Waals surface area contributed by atoms with Gasteiger partial charge >= 0.3 is 0 Å². The summed E-state index contributed by atoms with van der Waals surface area (Å²) in [5.74, 6) is 1.80. The van der Waals surface area contributed by atoms with Gasteiger partial charge in [0.1, 0.15) is 11.6 Å². The van der Waals surface area contributed by atoms with Gasteiger partial charge in [-0.05, 0) is 42.8 Å². The van der Waals surface area contributed by atoms with Crippen molar-refractivity contribution < 1.29 is 9.47 Å². The Morgan fingerprint density at radius 3 is 2.90 bits per heavy atom. The van der Waals surface area contributed by atoms with Gasteiger partial charge in [-0.1, -0.05) is 12.1 Å². The van der Waals surface area contributed by atoms with E-state index >= 15 is 0 Å². The Bertz CT molecular complexity index is 642. The minimum Gasteiger partial charge on any atom is -0.497 e. The highest BCUT2D eigenvalue weighted by atomic mass is 32.1. The first-order valence-corrected chi connectivity index (χ1v) is 7.55. The van der Waals surface area contributed by atoms with Crippen LogP contribution in [0.1, 0.15) is 24.2 Å². The van der Waals surface area contributed by atoms with Crippen LogP contribution in [0.3, 0.4) is 0 Å². The van der Waals surface area contributed by atoms with Gasteiger partial charge < -0.3 is 14.0 Å². The van der Waals surface area contributed by atoms with E-state index in [0.717, 1.165) is 44.0 Å². The Hall–Kier alpha value is -1.66. The van der Waals surface area contributed by atoms with Crippen LogP contribution in [0.25, 0.3) is 0 Å². The van der Waals surface area contributed by atoms with Gasteiger partial charge in [0.15, 0.2) is 4.77 Å². The zero-order chi connectivity index (χ0) is 14.7. The zero-order valence-electron chi connectivity index (χ0n) is 12.0. The molecule has 1 unspecified atom stereocenters. The Balaban J connectivity index is 1.76. The number of hydrogen-bond acceptors (Lipinski definition) is 4. The molecule has 3 rings (SSSR count). The highest BCUT2D eigenvalue weighted by Gasteiger charge is 2.18. The number of nitrogens with zero attached hydrogens (tertiary/aromatic N) is 2. The van der Waals surface area contributed by atoms with Crippen molar-refractivity contribution in [2.45, 2.75) is 31.9 Å². The van der Waals surface area contributed by atoms with Crippen molar-refractivity contribution in [3.8, 4) is 5.75 Å². The lowest BCUT2D eigenvalue weighted by Gasteiger charge is -2.12. The third-order valence-corrected chi connectivity index (χ3v) is 4.08. The van der Waals surface area contributed by atoms with E-state index in [-0.39, 0.29) is 6.10 Å². The summed E-state index contributed by atoms with van der Waals surface area (Å²) in [5, 5.41) is 7.24. The summed E-state index contributed by atoms with van der Waals surface area (Å²) >= 11 is 5.33. The molecule has 21 heavy (non-hydrogen) atoms. The summed E-state index contributed by atoms with van der Waals surface area (Å²) in [4.78, 5) is 0. The van der Waals surface area contributed by atoms with Crippen LogP contribution in [-0.2, 0) is 17.7 Å². The summed E-state index contributed by atoms with van der Waals surface area (Å²) in [6.07, 6.45) is 3.21. The molecule has 1 N–H and O–H groups in total. The molecule has 0 aliphatic carbocycles. The standard InChI is InChI=1S/C15H19N3O2S/c1-19-12-6-4-11(5-7-12)9-14-16-17-15(21)18(14)10-13-3-2-8-20-13/h4-7,13H,2-3,8-10H2,1H3,(H,17,21). The van der Waals surface area contributed by atoms with Crippen molar-refractivity contribution in [3.05, 3.63) is 40.4 Å². The van der Waals surface area contributed by atoms with Crippen LogP contribution < -0.4 is 4.74 Å². The molecular weight excluding hydrogens is 286 g/mol. The van der Waals surface area contributed by atoms with Gasteiger partial charge in [-0.25, -0.2) is 0 Å². The fourth-order valence-corrected chi connectivity index (χ4v) is 2.82. The number of aromatic amines is 1. The van der Waals surface area contributed by atoms with Crippen molar-refractivity contribution in [1.29, 1.82) is 0 Å². The smallest absolute Gasteiger partial charge is 0.195 e. The molecule has 0 saturated carbocycles. The Kier molecular flexibility index (Phi) is 4.36. The topological polar surface area (TPSA) is 52.1 Å². The van der Waals surface area contributed by atoms with Gasteiger partial charge in [-0.2, -0.15) is 5.10 Å². The van der Waals surface area contributed by atoms with Gasteiger partial charge in [0.25, 0.3) is 0 Å². The van der Waals surface area contributed by atoms with Crippen molar-refractivity contribution in [3.63, 3.8) is 0 Å². The first kappa shape index (κ1) is 14.3. The second kappa shape index (κ2) is 6.41. The molecule has 1 atom stereocenters. The average molecular weight is 305 g/mol. The molecular formula is C15H19N3O2S. The first-order chi connectivity index (χ1) is 10.3. The van der Waals surface area contributed by atoms with Crippen molar-refractivity contribution in [2.75, 3.05) is 13.7 Å². The number of H-pyrrole nitrogens is 1. The molecule has 2 heterocycles. The highest BCUT2D eigenvalue weighted by Crippen LogP contribution is 2.17. The SMILES string of the molecule is COc1ccc(Cc2n[nH]c(=S)n2CC2CCCO2)cc1. The van der Waals surface area contributed by atoms with Crippen LogP contribution in [0.4, 0.5) is 0 Å². The molecule has 1 saturated heterocycles. The van der Waals surface area contributed by atoms with Gasteiger partial charge in [0.05, 0.1) is 19.8 Å². The average Bonchev–Trinajstić information content (AvgIpc) is 3.13. The van der Waals surface area contributed by atoms with E-state index in [9.17, 15) is 0 Å². The second-order valence-electron chi connectivity index (χ2n) is 5.22. The highest BCUT2D eigenvalue weighted by molar-refractivity contribution is 7.71. The fraction of sp³-hybridized carbons (Fsp3) is 0.467. The maximum Gasteiger partial charge on any atom is 0.195 e. The third-order valence-electron chi connectivity index (χ3n) is 3.77. The van der Waals surface area contributed by atoms with Crippen LogP contribution in [0.15, 0.2) is 24.3 Å². The summed E-state index contributed by atoms with van der Waals surface area (Å²) < 4.78 is 13.6. The molecule has 0 bridgehead atoms. The summed E-state index contributed by atoms with van der Waals surface area (Å²) in [7, 11) is 1.67. The number of aromatic nitrogens is 3.